The Hall–Kier alpha value is -2.71. The molecule has 0 unspecified atom stereocenters. The zero-order valence-electron chi connectivity index (χ0n) is 15.0. The Labute approximate surface area is 150 Å². The molecule has 0 aromatic heterocycles. The average molecular weight is 367 g/mol. The number of piperidine rings is 1. The normalized spacial score (nSPS) is 17.5. The van der Waals surface area contributed by atoms with Crippen LogP contribution in [0.1, 0.15) is 44.0 Å². The third kappa shape index (κ3) is 5.14. The van der Waals surface area contributed by atoms with E-state index in [0.29, 0.717) is 19.4 Å². The first-order chi connectivity index (χ1) is 12.1. The molecule has 2 amide bonds. The Balaban J connectivity index is 2.05. The summed E-state index contributed by atoms with van der Waals surface area (Å²) in [5.41, 5.74) is -1.33. The van der Waals surface area contributed by atoms with Crippen LogP contribution in [0.3, 0.4) is 0 Å². The maximum atomic E-state index is 13.4. The highest BCUT2D eigenvalue weighted by Gasteiger charge is 2.28. The van der Waals surface area contributed by atoms with Gasteiger partial charge >= 0.3 is 11.8 Å². The summed E-state index contributed by atoms with van der Waals surface area (Å²) in [4.78, 5) is 35.9. The number of nitrogens with zero attached hydrogens (tertiary/aromatic N) is 2. The van der Waals surface area contributed by atoms with Crippen molar-refractivity contribution in [1.82, 2.24) is 10.2 Å². The summed E-state index contributed by atoms with van der Waals surface area (Å²) in [6.07, 6.45) is 0.788. The number of amides is 2. The van der Waals surface area contributed by atoms with Gasteiger partial charge in [-0.05, 0) is 45.7 Å². The Morgan fingerprint density at radius 1 is 1.38 bits per heavy atom. The van der Waals surface area contributed by atoms with Crippen molar-refractivity contribution in [1.29, 1.82) is 0 Å². The molecule has 1 N–H and O–H groups in total. The number of ether oxygens (including phenoxy) is 1. The predicted octanol–water partition coefficient (Wildman–Crippen LogP) is 2.86. The average Bonchev–Trinajstić information content (AvgIpc) is 2.52. The smallest absolute Gasteiger partial charge is 0.407 e. The number of carbonyl (C=O) groups is 2. The van der Waals surface area contributed by atoms with Crippen LogP contribution in [0.2, 0.25) is 0 Å². The van der Waals surface area contributed by atoms with Crippen LogP contribution < -0.4 is 5.32 Å². The number of nitro groups is 1. The molecule has 9 heteroatoms. The van der Waals surface area contributed by atoms with Crippen LogP contribution in [0.25, 0.3) is 0 Å². The van der Waals surface area contributed by atoms with Gasteiger partial charge in [-0.15, -0.1) is 0 Å². The van der Waals surface area contributed by atoms with E-state index < -0.39 is 34.0 Å². The van der Waals surface area contributed by atoms with E-state index in [-0.39, 0.29) is 18.2 Å². The van der Waals surface area contributed by atoms with Crippen LogP contribution in [0, 0.1) is 15.9 Å². The van der Waals surface area contributed by atoms with Gasteiger partial charge in [0.2, 0.25) is 5.82 Å². The Morgan fingerprint density at radius 3 is 2.69 bits per heavy atom. The van der Waals surface area contributed by atoms with Gasteiger partial charge in [0.15, 0.2) is 0 Å². The lowest BCUT2D eigenvalue weighted by Crippen LogP contribution is -2.50. The van der Waals surface area contributed by atoms with Gasteiger partial charge in [0.1, 0.15) is 5.60 Å². The highest BCUT2D eigenvalue weighted by atomic mass is 19.1. The predicted molar refractivity (Wildman–Crippen MR) is 91.3 cm³/mol. The van der Waals surface area contributed by atoms with Crippen molar-refractivity contribution in [2.45, 2.75) is 45.3 Å². The van der Waals surface area contributed by atoms with Crippen LogP contribution in [-0.2, 0) is 4.74 Å². The molecule has 1 heterocycles. The number of halogens is 1. The van der Waals surface area contributed by atoms with E-state index in [1.807, 2.05) is 0 Å². The number of hydrogen-bond donors (Lipinski definition) is 1. The number of alkyl carbamates (subject to hydrolysis) is 1. The maximum absolute atomic E-state index is 13.4. The SMILES string of the molecule is CC(C)(C)OC(=O)N[C@@H]1CCCN(C(=O)c2ccc(F)c([N+](=O)[O-])c2)C1. The number of rotatable bonds is 3. The van der Waals surface area contributed by atoms with Crippen LogP contribution >= 0.6 is 0 Å². The summed E-state index contributed by atoms with van der Waals surface area (Å²) in [5, 5.41) is 13.6. The second-order valence-electron chi connectivity index (χ2n) is 7.16. The summed E-state index contributed by atoms with van der Waals surface area (Å²) in [7, 11) is 0. The van der Waals surface area contributed by atoms with Gasteiger partial charge in [-0.3, -0.25) is 14.9 Å². The van der Waals surface area contributed by atoms with Crippen molar-refractivity contribution in [2.24, 2.45) is 0 Å². The fraction of sp³-hybridized carbons (Fsp3) is 0.529. The highest BCUT2D eigenvalue weighted by molar-refractivity contribution is 5.95. The Kier molecular flexibility index (Phi) is 5.79. The zero-order chi connectivity index (χ0) is 19.5. The first-order valence-corrected chi connectivity index (χ1v) is 8.29. The molecule has 1 aromatic rings. The summed E-state index contributed by atoms with van der Waals surface area (Å²) in [6, 6.07) is 2.78. The van der Waals surface area contributed by atoms with E-state index in [0.717, 1.165) is 12.1 Å². The molecule has 0 radical (unpaired) electrons. The number of nitro benzene ring substituents is 1. The molecule has 2 rings (SSSR count). The molecule has 0 aliphatic carbocycles. The largest absolute Gasteiger partial charge is 0.444 e. The number of likely N-dealkylation sites (tertiary alicyclic amines) is 1. The van der Waals surface area contributed by atoms with Gasteiger partial charge < -0.3 is 15.0 Å². The minimum Gasteiger partial charge on any atom is -0.444 e. The molecule has 1 atom stereocenters. The molecule has 1 aromatic carbocycles. The number of nitrogens with one attached hydrogen (secondary N) is 1. The van der Waals surface area contributed by atoms with E-state index in [2.05, 4.69) is 5.32 Å². The quantitative estimate of drug-likeness (QED) is 0.654. The third-order valence-electron chi connectivity index (χ3n) is 3.82. The zero-order valence-corrected chi connectivity index (χ0v) is 15.0. The lowest BCUT2D eigenvalue weighted by molar-refractivity contribution is -0.387. The molecule has 142 valence electrons. The van der Waals surface area contributed by atoms with Gasteiger partial charge in [0.25, 0.3) is 5.91 Å². The Bertz CT molecular complexity index is 717. The molecule has 0 saturated carbocycles. The number of hydrogen-bond acceptors (Lipinski definition) is 5. The molecule has 1 aliphatic rings. The van der Waals surface area contributed by atoms with Crippen LogP contribution in [-0.4, -0.2) is 46.6 Å². The van der Waals surface area contributed by atoms with Crippen LogP contribution in [0.4, 0.5) is 14.9 Å². The molecule has 0 spiro atoms. The lowest BCUT2D eigenvalue weighted by Gasteiger charge is -2.33. The van der Waals surface area contributed by atoms with E-state index in [1.165, 1.54) is 11.0 Å². The first-order valence-electron chi connectivity index (χ1n) is 8.29. The van der Waals surface area contributed by atoms with Crippen molar-refractivity contribution >= 4 is 17.7 Å². The maximum Gasteiger partial charge on any atom is 0.407 e. The molecular weight excluding hydrogens is 345 g/mol. The number of carbonyl (C=O) groups excluding carboxylic acids is 2. The minimum absolute atomic E-state index is 0.0380. The molecule has 26 heavy (non-hydrogen) atoms. The fourth-order valence-corrected chi connectivity index (χ4v) is 2.72. The summed E-state index contributed by atoms with van der Waals surface area (Å²) < 4.78 is 18.6. The molecule has 1 fully saturated rings. The van der Waals surface area contributed by atoms with Gasteiger partial charge in [0.05, 0.1) is 4.92 Å². The van der Waals surface area contributed by atoms with Crippen LogP contribution in [0.5, 0.6) is 0 Å². The van der Waals surface area contributed by atoms with Gasteiger partial charge in [-0.2, -0.15) is 4.39 Å². The molecule has 1 saturated heterocycles. The fourth-order valence-electron chi connectivity index (χ4n) is 2.72. The van der Waals surface area contributed by atoms with Crippen molar-refractivity contribution in [3.8, 4) is 0 Å². The van der Waals surface area contributed by atoms with E-state index in [4.69, 9.17) is 4.74 Å². The van der Waals surface area contributed by atoms with Gasteiger partial charge in [0, 0.05) is 30.8 Å². The van der Waals surface area contributed by atoms with E-state index in [1.54, 1.807) is 20.8 Å². The van der Waals surface area contributed by atoms with E-state index in [9.17, 15) is 24.1 Å². The number of benzene rings is 1. The Morgan fingerprint density at radius 2 is 2.08 bits per heavy atom. The molecule has 8 nitrogen and oxygen atoms in total. The molecular formula is C17H22FN3O5. The van der Waals surface area contributed by atoms with Crippen molar-refractivity contribution < 1.29 is 23.6 Å². The van der Waals surface area contributed by atoms with Crippen molar-refractivity contribution in [2.75, 3.05) is 13.1 Å². The summed E-state index contributed by atoms with van der Waals surface area (Å²) in [6.45, 7) is 5.97. The van der Waals surface area contributed by atoms with Crippen LogP contribution in [0.15, 0.2) is 18.2 Å². The second kappa shape index (κ2) is 7.67. The highest BCUT2D eigenvalue weighted by Crippen LogP contribution is 2.21. The standard InChI is InChI=1S/C17H22FN3O5/c1-17(2,3)26-16(23)19-12-5-4-8-20(10-12)15(22)11-6-7-13(18)14(9-11)21(24)25/h6-7,9,12H,4-5,8,10H2,1-3H3,(H,19,23)/t12-/m1/s1. The summed E-state index contributed by atoms with van der Waals surface area (Å²) in [5.74, 6) is -1.43. The first kappa shape index (κ1) is 19.6. The van der Waals surface area contributed by atoms with Crippen molar-refractivity contribution in [3.05, 3.63) is 39.7 Å². The third-order valence-corrected chi connectivity index (χ3v) is 3.82. The van der Waals surface area contributed by atoms with E-state index >= 15 is 0 Å². The van der Waals surface area contributed by atoms with Crippen molar-refractivity contribution in [3.63, 3.8) is 0 Å². The summed E-state index contributed by atoms with van der Waals surface area (Å²) >= 11 is 0. The topological polar surface area (TPSA) is 102 Å². The lowest BCUT2D eigenvalue weighted by atomic mass is 10.0. The minimum atomic E-state index is -0.991. The van der Waals surface area contributed by atoms with Gasteiger partial charge in [-0.25, -0.2) is 4.79 Å². The monoisotopic (exact) mass is 367 g/mol. The second-order valence-corrected chi connectivity index (χ2v) is 7.16. The molecule has 1 aliphatic heterocycles. The molecule has 0 bridgehead atoms. The van der Waals surface area contributed by atoms with Gasteiger partial charge in [-0.1, -0.05) is 0 Å².